The molecular formula is C11H15N3O. The SMILES string of the molecule is C=CC(C)Nc1nccn(C2CC2)c1=O. The van der Waals surface area contributed by atoms with Gasteiger partial charge in [0.2, 0.25) is 0 Å². The lowest BCUT2D eigenvalue weighted by atomic mass is 10.3. The van der Waals surface area contributed by atoms with Crippen LogP contribution in [0.15, 0.2) is 29.8 Å². The Hall–Kier alpha value is -1.58. The van der Waals surface area contributed by atoms with Crippen molar-refractivity contribution in [3.05, 3.63) is 35.4 Å². The van der Waals surface area contributed by atoms with E-state index >= 15 is 0 Å². The number of hydrogen-bond acceptors (Lipinski definition) is 3. The van der Waals surface area contributed by atoms with Crippen molar-refractivity contribution in [3.63, 3.8) is 0 Å². The molecule has 0 bridgehead atoms. The molecule has 4 nitrogen and oxygen atoms in total. The van der Waals surface area contributed by atoms with E-state index in [9.17, 15) is 4.79 Å². The van der Waals surface area contributed by atoms with Crippen LogP contribution in [0.3, 0.4) is 0 Å². The maximum absolute atomic E-state index is 11.9. The second kappa shape index (κ2) is 3.88. The van der Waals surface area contributed by atoms with Crippen LogP contribution in [0.2, 0.25) is 0 Å². The zero-order chi connectivity index (χ0) is 10.8. The quantitative estimate of drug-likeness (QED) is 0.759. The van der Waals surface area contributed by atoms with Crippen molar-refractivity contribution in [3.8, 4) is 0 Å². The molecule has 0 amide bonds. The van der Waals surface area contributed by atoms with Crippen LogP contribution in [0.1, 0.15) is 25.8 Å². The van der Waals surface area contributed by atoms with Gasteiger partial charge in [-0.3, -0.25) is 4.79 Å². The number of anilines is 1. The van der Waals surface area contributed by atoms with E-state index in [0.29, 0.717) is 11.9 Å². The van der Waals surface area contributed by atoms with Gasteiger partial charge >= 0.3 is 0 Å². The monoisotopic (exact) mass is 205 g/mol. The number of nitrogens with one attached hydrogen (secondary N) is 1. The summed E-state index contributed by atoms with van der Waals surface area (Å²) in [4.78, 5) is 16.0. The minimum absolute atomic E-state index is 0.0336. The van der Waals surface area contributed by atoms with Crippen LogP contribution in [0.5, 0.6) is 0 Å². The van der Waals surface area contributed by atoms with Crippen LogP contribution in [0, 0.1) is 0 Å². The highest BCUT2D eigenvalue weighted by Crippen LogP contribution is 2.33. The highest BCUT2D eigenvalue weighted by Gasteiger charge is 2.25. The molecule has 1 aliphatic rings. The minimum Gasteiger partial charge on any atom is -0.360 e. The third-order valence-corrected chi connectivity index (χ3v) is 2.53. The Morgan fingerprint density at radius 2 is 2.47 bits per heavy atom. The van der Waals surface area contributed by atoms with E-state index in [-0.39, 0.29) is 11.6 Å². The van der Waals surface area contributed by atoms with E-state index in [1.807, 2.05) is 6.92 Å². The van der Waals surface area contributed by atoms with Gasteiger partial charge in [-0.05, 0) is 19.8 Å². The van der Waals surface area contributed by atoms with Crippen LogP contribution in [0.4, 0.5) is 5.82 Å². The molecule has 1 atom stereocenters. The van der Waals surface area contributed by atoms with Crippen molar-refractivity contribution in [2.45, 2.75) is 31.8 Å². The van der Waals surface area contributed by atoms with Crippen molar-refractivity contribution in [1.82, 2.24) is 9.55 Å². The second-order valence-corrected chi connectivity index (χ2v) is 3.89. The molecule has 1 saturated carbocycles. The van der Waals surface area contributed by atoms with E-state index in [1.165, 1.54) is 0 Å². The maximum atomic E-state index is 11.9. The summed E-state index contributed by atoms with van der Waals surface area (Å²) in [5.74, 6) is 0.414. The Labute approximate surface area is 88.7 Å². The minimum atomic E-state index is -0.0336. The van der Waals surface area contributed by atoms with Crippen LogP contribution >= 0.6 is 0 Å². The van der Waals surface area contributed by atoms with Gasteiger partial charge in [-0.1, -0.05) is 6.08 Å². The van der Waals surface area contributed by atoms with Crippen LogP contribution < -0.4 is 10.9 Å². The molecular weight excluding hydrogens is 190 g/mol. The molecule has 1 heterocycles. The summed E-state index contributed by atoms with van der Waals surface area (Å²) >= 11 is 0. The van der Waals surface area contributed by atoms with E-state index in [0.717, 1.165) is 12.8 Å². The zero-order valence-corrected chi connectivity index (χ0v) is 8.81. The zero-order valence-electron chi connectivity index (χ0n) is 8.81. The fourth-order valence-corrected chi connectivity index (χ4v) is 1.44. The van der Waals surface area contributed by atoms with Gasteiger partial charge in [0.15, 0.2) is 5.82 Å². The fraction of sp³-hybridized carbons (Fsp3) is 0.455. The average Bonchev–Trinajstić information content (AvgIpc) is 3.04. The van der Waals surface area contributed by atoms with Gasteiger partial charge < -0.3 is 9.88 Å². The third-order valence-electron chi connectivity index (χ3n) is 2.53. The molecule has 1 unspecified atom stereocenters. The molecule has 0 saturated heterocycles. The number of aromatic nitrogens is 2. The number of nitrogens with zero attached hydrogens (tertiary/aromatic N) is 2. The standard InChI is InChI=1S/C11H15N3O/c1-3-8(2)13-10-11(15)14(7-6-12-10)9-4-5-9/h3,6-9H,1,4-5H2,2H3,(H,12,13). The van der Waals surface area contributed by atoms with Gasteiger partial charge in [-0.25, -0.2) is 4.98 Å². The summed E-state index contributed by atoms with van der Waals surface area (Å²) < 4.78 is 1.76. The van der Waals surface area contributed by atoms with E-state index in [2.05, 4.69) is 16.9 Å². The summed E-state index contributed by atoms with van der Waals surface area (Å²) in [7, 11) is 0. The van der Waals surface area contributed by atoms with Gasteiger partial charge in [0.05, 0.1) is 0 Å². The first-order valence-corrected chi connectivity index (χ1v) is 5.18. The molecule has 0 aliphatic heterocycles. The Bertz CT molecular complexity index is 420. The molecule has 80 valence electrons. The molecule has 4 heteroatoms. The molecule has 1 aromatic rings. The Balaban J connectivity index is 2.27. The first-order chi connectivity index (χ1) is 7.22. The number of hydrogen-bond donors (Lipinski definition) is 1. The van der Waals surface area contributed by atoms with Gasteiger partial charge in [-0.2, -0.15) is 0 Å². The topological polar surface area (TPSA) is 46.9 Å². The lowest BCUT2D eigenvalue weighted by molar-refractivity contribution is 0.698. The van der Waals surface area contributed by atoms with Crippen LogP contribution in [-0.2, 0) is 0 Å². The Morgan fingerprint density at radius 3 is 3.07 bits per heavy atom. The first-order valence-electron chi connectivity index (χ1n) is 5.18. The van der Waals surface area contributed by atoms with Gasteiger partial charge in [0.1, 0.15) is 0 Å². The van der Waals surface area contributed by atoms with Crippen molar-refractivity contribution in [2.75, 3.05) is 5.32 Å². The molecule has 1 aliphatic carbocycles. The fourth-order valence-electron chi connectivity index (χ4n) is 1.44. The molecule has 2 rings (SSSR count). The molecule has 0 spiro atoms. The molecule has 1 fully saturated rings. The number of rotatable bonds is 4. The molecule has 15 heavy (non-hydrogen) atoms. The molecule has 1 aromatic heterocycles. The Kier molecular flexibility index (Phi) is 2.58. The summed E-state index contributed by atoms with van der Waals surface area (Å²) in [6, 6.07) is 0.445. The normalized spacial score (nSPS) is 17.1. The highest BCUT2D eigenvalue weighted by atomic mass is 16.1. The van der Waals surface area contributed by atoms with Crippen molar-refractivity contribution in [1.29, 1.82) is 0 Å². The summed E-state index contributed by atoms with van der Waals surface area (Å²) in [6.07, 6.45) is 7.36. The average molecular weight is 205 g/mol. The lowest BCUT2D eigenvalue weighted by Crippen LogP contribution is -2.26. The predicted octanol–water partition coefficient (Wildman–Crippen LogP) is 1.56. The van der Waals surface area contributed by atoms with E-state index in [1.54, 1.807) is 23.0 Å². The smallest absolute Gasteiger partial charge is 0.293 e. The molecule has 0 radical (unpaired) electrons. The summed E-state index contributed by atoms with van der Waals surface area (Å²) in [6.45, 7) is 5.59. The van der Waals surface area contributed by atoms with Crippen LogP contribution in [0.25, 0.3) is 0 Å². The second-order valence-electron chi connectivity index (χ2n) is 3.89. The van der Waals surface area contributed by atoms with E-state index in [4.69, 9.17) is 0 Å². The van der Waals surface area contributed by atoms with Gasteiger partial charge in [-0.15, -0.1) is 6.58 Å². The van der Waals surface area contributed by atoms with Crippen molar-refractivity contribution < 1.29 is 0 Å². The molecule has 1 N–H and O–H groups in total. The van der Waals surface area contributed by atoms with Crippen molar-refractivity contribution >= 4 is 5.82 Å². The van der Waals surface area contributed by atoms with Gasteiger partial charge in [0.25, 0.3) is 5.56 Å². The molecule has 0 aromatic carbocycles. The Morgan fingerprint density at radius 1 is 1.73 bits per heavy atom. The highest BCUT2D eigenvalue weighted by molar-refractivity contribution is 5.33. The summed E-state index contributed by atoms with van der Waals surface area (Å²) in [5, 5.41) is 3.02. The lowest BCUT2D eigenvalue weighted by Gasteiger charge is -2.10. The summed E-state index contributed by atoms with van der Waals surface area (Å²) in [5.41, 5.74) is -0.0336. The van der Waals surface area contributed by atoms with Crippen molar-refractivity contribution in [2.24, 2.45) is 0 Å². The van der Waals surface area contributed by atoms with E-state index < -0.39 is 0 Å². The van der Waals surface area contributed by atoms with Gasteiger partial charge in [0, 0.05) is 24.5 Å². The predicted molar refractivity (Wildman–Crippen MR) is 60.0 cm³/mol. The largest absolute Gasteiger partial charge is 0.360 e. The first kappa shape index (κ1) is 9.96. The van der Waals surface area contributed by atoms with Crippen LogP contribution in [-0.4, -0.2) is 15.6 Å². The third kappa shape index (κ3) is 2.09. The maximum Gasteiger partial charge on any atom is 0.293 e.